The Morgan fingerprint density at radius 2 is 1.57 bits per heavy atom. The largest absolute Gasteiger partial charge is 0.481 e. The van der Waals surface area contributed by atoms with Crippen LogP contribution in [0.2, 0.25) is 0 Å². The lowest BCUT2D eigenvalue weighted by atomic mass is 10.1. The zero-order valence-corrected chi connectivity index (χ0v) is 12.5. The van der Waals surface area contributed by atoms with E-state index in [0.717, 1.165) is 38.9 Å². The SMILES string of the molecule is O=C(O)CCCC(=O)N(CC1CCCO1)CC1CCCO1. The van der Waals surface area contributed by atoms with Crippen LogP contribution in [0.25, 0.3) is 0 Å². The van der Waals surface area contributed by atoms with Crippen LogP contribution < -0.4 is 0 Å². The van der Waals surface area contributed by atoms with Gasteiger partial charge in [-0.3, -0.25) is 9.59 Å². The standard InChI is InChI=1S/C15H25NO5/c17-14(6-1-7-15(18)19)16(10-12-4-2-8-20-12)11-13-5-3-9-21-13/h12-13H,1-11H2,(H,18,19). The van der Waals surface area contributed by atoms with Crippen LogP contribution in [0, 0.1) is 0 Å². The molecule has 2 heterocycles. The molecule has 0 saturated carbocycles. The van der Waals surface area contributed by atoms with Gasteiger partial charge in [-0.25, -0.2) is 0 Å². The maximum absolute atomic E-state index is 12.3. The van der Waals surface area contributed by atoms with Gasteiger partial charge in [0.05, 0.1) is 12.2 Å². The first-order valence-corrected chi connectivity index (χ1v) is 7.88. The number of carbonyl (C=O) groups is 2. The number of nitrogens with zero attached hydrogens (tertiary/aromatic N) is 1. The van der Waals surface area contributed by atoms with Crippen LogP contribution in [0.5, 0.6) is 0 Å². The molecule has 2 aliphatic rings. The van der Waals surface area contributed by atoms with Crippen LogP contribution in [-0.2, 0) is 19.1 Å². The maximum Gasteiger partial charge on any atom is 0.303 e. The Hall–Kier alpha value is -1.14. The summed E-state index contributed by atoms with van der Waals surface area (Å²) in [5.74, 6) is -0.838. The quantitative estimate of drug-likeness (QED) is 0.733. The summed E-state index contributed by atoms with van der Waals surface area (Å²) in [4.78, 5) is 24.7. The van der Waals surface area contributed by atoms with Crippen LogP contribution in [0.1, 0.15) is 44.9 Å². The first-order chi connectivity index (χ1) is 10.1. The summed E-state index contributed by atoms with van der Waals surface area (Å²) >= 11 is 0. The van der Waals surface area contributed by atoms with Crippen LogP contribution in [0.4, 0.5) is 0 Å². The van der Waals surface area contributed by atoms with E-state index in [1.54, 1.807) is 0 Å². The molecule has 1 amide bonds. The highest BCUT2D eigenvalue weighted by Gasteiger charge is 2.26. The molecule has 2 atom stereocenters. The van der Waals surface area contributed by atoms with Crippen molar-refractivity contribution in [3.05, 3.63) is 0 Å². The Balaban J connectivity index is 1.82. The molecule has 1 N–H and O–H groups in total. The number of hydrogen-bond acceptors (Lipinski definition) is 4. The molecule has 0 spiro atoms. The number of ether oxygens (including phenoxy) is 2. The highest BCUT2D eigenvalue weighted by molar-refractivity contribution is 5.77. The molecule has 0 aliphatic carbocycles. The molecule has 0 bridgehead atoms. The predicted molar refractivity (Wildman–Crippen MR) is 76.0 cm³/mol. The molecule has 0 radical (unpaired) electrons. The molecule has 2 rings (SSSR count). The van der Waals surface area contributed by atoms with Crippen molar-refractivity contribution < 1.29 is 24.2 Å². The highest BCUT2D eigenvalue weighted by Crippen LogP contribution is 2.18. The van der Waals surface area contributed by atoms with E-state index in [1.165, 1.54) is 0 Å². The lowest BCUT2D eigenvalue weighted by molar-refractivity contribution is -0.137. The summed E-state index contributed by atoms with van der Waals surface area (Å²) in [5, 5.41) is 8.66. The summed E-state index contributed by atoms with van der Waals surface area (Å²) in [7, 11) is 0. The van der Waals surface area contributed by atoms with E-state index in [0.29, 0.717) is 19.5 Å². The minimum absolute atomic E-state index is 0.0160. The smallest absolute Gasteiger partial charge is 0.303 e. The first-order valence-electron chi connectivity index (χ1n) is 7.88. The summed E-state index contributed by atoms with van der Waals surface area (Å²) in [6.07, 6.45) is 5.03. The minimum Gasteiger partial charge on any atom is -0.481 e. The number of carboxylic acid groups (broad SMARTS) is 1. The molecule has 2 fully saturated rings. The topological polar surface area (TPSA) is 76.1 Å². The number of rotatable bonds is 8. The molecule has 2 unspecified atom stereocenters. The summed E-state index contributed by atoms with van der Waals surface area (Å²) in [6, 6.07) is 0. The van der Waals surface area contributed by atoms with Gasteiger partial charge >= 0.3 is 5.97 Å². The van der Waals surface area contributed by atoms with Crippen molar-refractivity contribution in [1.29, 1.82) is 0 Å². The van der Waals surface area contributed by atoms with E-state index in [-0.39, 0.29) is 31.0 Å². The molecular weight excluding hydrogens is 274 g/mol. The van der Waals surface area contributed by atoms with Gasteiger partial charge in [-0.1, -0.05) is 0 Å². The second-order valence-electron chi connectivity index (χ2n) is 5.82. The first kappa shape index (κ1) is 16.2. The second-order valence-corrected chi connectivity index (χ2v) is 5.82. The van der Waals surface area contributed by atoms with Crippen molar-refractivity contribution in [2.24, 2.45) is 0 Å². The van der Waals surface area contributed by atoms with Crippen LogP contribution in [-0.4, -0.2) is 60.4 Å². The van der Waals surface area contributed by atoms with Gasteiger partial charge in [0.15, 0.2) is 0 Å². The molecule has 0 aromatic heterocycles. The average molecular weight is 299 g/mol. The lowest BCUT2D eigenvalue weighted by Crippen LogP contribution is -2.41. The van der Waals surface area contributed by atoms with Gasteiger partial charge in [0, 0.05) is 39.1 Å². The Morgan fingerprint density at radius 3 is 2.00 bits per heavy atom. The van der Waals surface area contributed by atoms with E-state index < -0.39 is 5.97 Å². The third-order valence-electron chi connectivity index (χ3n) is 4.03. The van der Waals surface area contributed by atoms with Gasteiger partial charge < -0.3 is 19.5 Å². The molecular formula is C15H25NO5. The van der Waals surface area contributed by atoms with E-state index >= 15 is 0 Å². The highest BCUT2D eigenvalue weighted by atomic mass is 16.5. The Kier molecular flexibility index (Phi) is 6.45. The normalized spacial score (nSPS) is 25.1. The van der Waals surface area contributed by atoms with E-state index in [1.807, 2.05) is 4.90 Å². The Morgan fingerprint density at radius 1 is 1.00 bits per heavy atom. The van der Waals surface area contributed by atoms with E-state index in [9.17, 15) is 9.59 Å². The molecule has 0 aromatic rings. The Labute approximate surface area is 125 Å². The van der Waals surface area contributed by atoms with Crippen LogP contribution in [0.3, 0.4) is 0 Å². The van der Waals surface area contributed by atoms with Gasteiger partial charge in [0.2, 0.25) is 5.91 Å². The molecule has 120 valence electrons. The van der Waals surface area contributed by atoms with Gasteiger partial charge in [0.25, 0.3) is 0 Å². The second kappa shape index (κ2) is 8.34. The summed E-state index contributed by atoms with van der Waals surface area (Å²) in [5.41, 5.74) is 0. The van der Waals surface area contributed by atoms with Crippen molar-refractivity contribution in [3.63, 3.8) is 0 Å². The van der Waals surface area contributed by atoms with Gasteiger partial charge in [-0.15, -0.1) is 0 Å². The summed E-state index contributed by atoms with van der Waals surface area (Å²) < 4.78 is 11.2. The number of hydrogen-bond donors (Lipinski definition) is 1. The van der Waals surface area contributed by atoms with Crippen molar-refractivity contribution in [1.82, 2.24) is 4.90 Å². The molecule has 2 saturated heterocycles. The van der Waals surface area contributed by atoms with Crippen molar-refractivity contribution >= 4 is 11.9 Å². The zero-order valence-electron chi connectivity index (χ0n) is 12.5. The van der Waals surface area contributed by atoms with Crippen LogP contribution in [0.15, 0.2) is 0 Å². The maximum atomic E-state index is 12.3. The predicted octanol–water partition coefficient (Wildman–Crippen LogP) is 1.43. The third-order valence-corrected chi connectivity index (χ3v) is 4.03. The fourth-order valence-electron chi connectivity index (χ4n) is 2.90. The van der Waals surface area contributed by atoms with E-state index in [4.69, 9.17) is 14.6 Å². The van der Waals surface area contributed by atoms with Crippen molar-refractivity contribution in [2.75, 3.05) is 26.3 Å². The van der Waals surface area contributed by atoms with E-state index in [2.05, 4.69) is 0 Å². The number of carbonyl (C=O) groups excluding carboxylic acids is 1. The van der Waals surface area contributed by atoms with Gasteiger partial charge in [-0.2, -0.15) is 0 Å². The molecule has 6 heteroatoms. The van der Waals surface area contributed by atoms with Crippen LogP contribution >= 0.6 is 0 Å². The summed E-state index contributed by atoms with van der Waals surface area (Å²) in [6.45, 7) is 2.74. The minimum atomic E-state index is -0.854. The average Bonchev–Trinajstić information content (AvgIpc) is 3.10. The molecule has 21 heavy (non-hydrogen) atoms. The fourth-order valence-corrected chi connectivity index (χ4v) is 2.90. The number of amides is 1. The fraction of sp³-hybridized carbons (Fsp3) is 0.867. The molecule has 2 aliphatic heterocycles. The monoisotopic (exact) mass is 299 g/mol. The van der Waals surface area contributed by atoms with Crippen molar-refractivity contribution in [2.45, 2.75) is 57.2 Å². The van der Waals surface area contributed by atoms with Gasteiger partial charge in [-0.05, 0) is 32.1 Å². The Bertz CT molecular complexity index is 330. The molecule has 0 aromatic carbocycles. The third kappa shape index (κ3) is 5.63. The van der Waals surface area contributed by atoms with Gasteiger partial charge in [0.1, 0.15) is 0 Å². The molecule has 6 nitrogen and oxygen atoms in total. The van der Waals surface area contributed by atoms with Crippen molar-refractivity contribution in [3.8, 4) is 0 Å². The lowest BCUT2D eigenvalue weighted by Gasteiger charge is -2.27. The zero-order chi connectivity index (χ0) is 15.1. The number of carboxylic acids is 1. The number of aliphatic carboxylic acids is 1.